The zero-order valence-corrected chi connectivity index (χ0v) is 13.9. The highest BCUT2D eigenvalue weighted by Gasteiger charge is 2.38. The highest BCUT2D eigenvalue weighted by atomic mass is 16.4. The lowest BCUT2D eigenvalue weighted by Gasteiger charge is -2.28. The van der Waals surface area contributed by atoms with Gasteiger partial charge in [0.15, 0.2) is 0 Å². The van der Waals surface area contributed by atoms with Crippen molar-refractivity contribution in [3.8, 4) is 11.3 Å². The minimum absolute atomic E-state index is 0.150. The van der Waals surface area contributed by atoms with Crippen molar-refractivity contribution in [3.05, 3.63) is 53.3 Å². The SMILES string of the molecule is CN1C(=O)C(=Cc2ccc(-c3ccc(C(=O)O)cc3)o2)C(=O)N(C)C1=O. The van der Waals surface area contributed by atoms with Crippen molar-refractivity contribution in [1.29, 1.82) is 0 Å². The van der Waals surface area contributed by atoms with E-state index < -0.39 is 23.8 Å². The largest absolute Gasteiger partial charge is 0.478 e. The summed E-state index contributed by atoms with van der Waals surface area (Å²) in [5, 5.41) is 8.92. The molecular weight excluding hydrogens is 340 g/mol. The van der Waals surface area contributed by atoms with E-state index in [0.29, 0.717) is 11.3 Å². The first-order valence-corrected chi connectivity index (χ1v) is 7.55. The smallest absolute Gasteiger partial charge is 0.335 e. The average molecular weight is 354 g/mol. The van der Waals surface area contributed by atoms with Gasteiger partial charge in [-0.15, -0.1) is 0 Å². The Labute approximate surface area is 147 Å². The number of barbiturate groups is 1. The fourth-order valence-corrected chi connectivity index (χ4v) is 2.48. The molecule has 1 N–H and O–H groups in total. The molecule has 1 saturated heterocycles. The topological polar surface area (TPSA) is 108 Å². The van der Waals surface area contributed by atoms with Crippen molar-refractivity contribution < 1.29 is 28.7 Å². The van der Waals surface area contributed by atoms with Crippen molar-refractivity contribution in [3.63, 3.8) is 0 Å². The number of hydrogen-bond donors (Lipinski definition) is 1. The molecule has 8 nitrogen and oxygen atoms in total. The fraction of sp³-hybridized carbons (Fsp3) is 0.111. The Morgan fingerprint density at radius 1 is 0.962 bits per heavy atom. The Bertz CT molecular complexity index is 928. The van der Waals surface area contributed by atoms with Gasteiger partial charge in [0.05, 0.1) is 5.56 Å². The fourth-order valence-electron chi connectivity index (χ4n) is 2.48. The summed E-state index contributed by atoms with van der Waals surface area (Å²) in [5.41, 5.74) is 0.610. The number of furan rings is 1. The summed E-state index contributed by atoms with van der Waals surface area (Å²) in [4.78, 5) is 48.6. The van der Waals surface area contributed by atoms with Gasteiger partial charge < -0.3 is 9.52 Å². The van der Waals surface area contributed by atoms with Gasteiger partial charge in [0.25, 0.3) is 11.8 Å². The molecule has 1 aliphatic heterocycles. The Hall–Kier alpha value is -3.68. The van der Waals surface area contributed by atoms with Crippen LogP contribution in [-0.2, 0) is 9.59 Å². The first-order chi connectivity index (χ1) is 12.3. The molecule has 4 amide bonds. The van der Waals surface area contributed by atoms with Crippen LogP contribution in [0.4, 0.5) is 4.79 Å². The number of hydrogen-bond acceptors (Lipinski definition) is 5. The minimum atomic E-state index is -1.03. The van der Waals surface area contributed by atoms with Crippen LogP contribution in [0.5, 0.6) is 0 Å². The highest BCUT2D eigenvalue weighted by molar-refractivity contribution is 6.30. The number of benzene rings is 1. The Kier molecular flexibility index (Phi) is 4.17. The summed E-state index contributed by atoms with van der Waals surface area (Å²) in [6.45, 7) is 0. The van der Waals surface area contributed by atoms with E-state index in [2.05, 4.69) is 0 Å². The van der Waals surface area contributed by atoms with Gasteiger partial charge in [-0.1, -0.05) is 12.1 Å². The number of urea groups is 1. The van der Waals surface area contributed by atoms with E-state index in [0.717, 1.165) is 9.80 Å². The zero-order valence-electron chi connectivity index (χ0n) is 13.9. The summed E-state index contributed by atoms with van der Waals surface area (Å²) >= 11 is 0. The van der Waals surface area contributed by atoms with Crippen molar-refractivity contribution in [2.24, 2.45) is 0 Å². The number of aromatic carboxylic acids is 1. The van der Waals surface area contributed by atoms with E-state index >= 15 is 0 Å². The quantitative estimate of drug-likeness (QED) is 0.668. The summed E-state index contributed by atoms with van der Waals surface area (Å²) in [5.74, 6) is -1.74. The van der Waals surface area contributed by atoms with Gasteiger partial charge in [-0.05, 0) is 30.3 Å². The third-order valence-corrected chi connectivity index (χ3v) is 3.97. The maximum Gasteiger partial charge on any atom is 0.335 e. The summed E-state index contributed by atoms with van der Waals surface area (Å²) in [6.07, 6.45) is 1.28. The van der Waals surface area contributed by atoms with Crippen LogP contribution in [-0.4, -0.2) is 52.8 Å². The Balaban J connectivity index is 1.91. The molecule has 1 aromatic heterocycles. The van der Waals surface area contributed by atoms with Crippen LogP contribution in [0, 0.1) is 0 Å². The lowest BCUT2D eigenvalue weighted by atomic mass is 10.1. The van der Waals surface area contributed by atoms with Crippen LogP contribution < -0.4 is 0 Å². The Morgan fingerprint density at radius 2 is 1.54 bits per heavy atom. The van der Waals surface area contributed by atoms with Crippen LogP contribution in [0.15, 0.2) is 46.4 Å². The molecule has 0 radical (unpaired) electrons. The van der Waals surface area contributed by atoms with E-state index in [9.17, 15) is 19.2 Å². The van der Waals surface area contributed by atoms with E-state index in [4.69, 9.17) is 9.52 Å². The zero-order chi connectivity index (χ0) is 19.0. The van der Waals surface area contributed by atoms with Gasteiger partial charge >= 0.3 is 12.0 Å². The number of carboxylic acids is 1. The maximum absolute atomic E-state index is 12.2. The molecule has 1 aliphatic rings. The van der Waals surface area contributed by atoms with Gasteiger partial charge in [-0.3, -0.25) is 19.4 Å². The summed E-state index contributed by atoms with van der Waals surface area (Å²) in [7, 11) is 2.58. The van der Waals surface area contributed by atoms with Crippen molar-refractivity contribution in [2.45, 2.75) is 0 Å². The van der Waals surface area contributed by atoms with Gasteiger partial charge in [-0.25, -0.2) is 9.59 Å². The molecule has 3 rings (SSSR count). The maximum atomic E-state index is 12.2. The number of amides is 4. The number of carbonyl (C=O) groups is 4. The lowest BCUT2D eigenvalue weighted by Crippen LogP contribution is -2.52. The molecule has 0 saturated carbocycles. The standard InChI is InChI=1S/C18H14N2O6/c1-19-15(21)13(16(22)20(2)18(19)25)9-12-7-8-14(26-12)10-3-5-11(6-4-10)17(23)24/h3-9H,1-2H3,(H,23,24). The number of carboxylic acid groups (broad SMARTS) is 1. The molecule has 0 bridgehead atoms. The van der Waals surface area contributed by atoms with Crippen LogP contribution in [0.2, 0.25) is 0 Å². The van der Waals surface area contributed by atoms with Gasteiger partial charge in [0, 0.05) is 19.7 Å². The molecule has 1 fully saturated rings. The van der Waals surface area contributed by atoms with Crippen molar-refractivity contribution in [1.82, 2.24) is 9.80 Å². The second-order valence-electron chi connectivity index (χ2n) is 5.65. The number of imide groups is 2. The van der Waals surface area contributed by atoms with Gasteiger partial charge in [-0.2, -0.15) is 0 Å². The third kappa shape index (κ3) is 2.88. The molecule has 8 heteroatoms. The van der Waals surface area contributed by atoms with E-state index in [1.54, 1.807) is 24.3 Å². The number of nitrogens with zero attached hydrogens (tertiary/aromatic N) is 2. The van der Waals surface area contributed by atoms with Crippen LogP contribution in [0.25, 0.3) is 17.4 Å². The molecule has 0 aliphatic carbocycles. The molecule has 132 valence electrons. The predicted molar refractivity (Wildman–Crippen MR) is 90.0 cm³/mol. The van der Waals surface area contributed by atoms with Crippen LogP contribution in [0.1, 0.15) is 16.1 Å². The van der Waals surface area contributed by atoms with E-state index in [1.807, 2.05) is 0 Å². The van der Waals surface area contributed by atoms with Crippen LogP contribution in [0.3, 0.4) is 0 Å². The van der Waals surface area contributed by atoms with Crippen molar-refractivity contribution in [2.75, 3.05) is 14.1 Å². The van der Waals surface area contributed by atoms with Crippen molar-refractivity contribution >= 4 is 29.9 Å². The molecule has 0 atom stereocenters. The monoisotopic (exact) mass is 354 g/mol. The average Bonchev–Trinajstić information content (AvgIpc) is 3.10. The first kappa shape index (κ1) is 17.2. The van der Waals surface area contributed by atoms with Crippen LogP contribution >= 0.6 is 0 Å². The van der Waals surface area contributed by atoms with E-state index in [-0.39, 0.29) is 16.9 Å². The highest BCUT2D eigenvalue weighted by Crippen LogP contribution is 2.25. The lowest BCUT2D eigenvalue weighted by molar-refractivity contribution is -0.134. The second-order valence-corrected chi connectivity index (χ2v) is 5.65. The van der Waals surface area contributed by atoms with Gasteiger partial charge in [0.1, 0.15) is 17.1 Å². The number of carbonyl (C=O) groups excluding carboxylic acids is 3. The number of likely N-dealkylation sites (N-methyl/N-ethyl adjacent to an activating group) is 2. The molecule has 1 aromatic carbocycles. The first-order valence-electron chi connectivity index (χ1n) is 7.55. The summed E-state index contributed by atoms with van der Waals surface area (Å²) in [6, 6.07) is 8.59. The third-order valence-electron chi connectivity index (χ3n) is 3.97. The molecule has 26 heavy (non-hydrogen) atoms. The molecule has 0 spiro atoms. The predicted octanol–water partition coefficient (Wildman–Crippen LogP) is 2.08. The van der Waals surface area contributed by atoms with Gasteiger partial charge in [0.2, 0.25) is 0 Å². The molecular formula is C18H14N2O6. The Morgan fingerprint density at radius 3 is 2.08 bits per heavy atom. The molecule has 2 heterocycles. The second kappa shape index (κ2) is 6.32. The summed E-state index contributed by atoms with van der Waals surface area (Å²) < 4.78 is 5.62. The normalized spacial score (nSPS) is 14.8. The molecule has 0 unspecified atom stereocenters. The minimum Gasteiger partial charge on any atom is -0.478 e. The molecule has 2 aromatic rings. The van der Waals surface area contributed by atoms with E-state index in [1.165, 1.54) is 32.3 Å². The number of rotatable bonds is 3.